The Kier molecular flexibility index (Phi) is 9.96. The second kappa shape index (κ2) is 14.6. The zero-order valence-electron chi connectivity index (χ0n) is 28.8. The summed E-state index contributed by atoms with van der Waals surface area (Å²) in [7, 11) is 2.95. The number of methoxy groups -OCH3 is 2. The number of cyclic esters (lactones) is 2. The number of benzene rings is 3. The van der Waals surface area contributed by atoms with Crippen molar-refractivity contribution in [3.05, 3.63) is 111 Å². The molecule has 1 saturated heterocycles. The van der Waals surface area contributed by atoms with Gasteiger partial charge in [-0.3, -0.25) is 28.7 Å². The lowest BCUT2D eigenvalue weighted by molar-refractivity contribution is -0.240. The van der Waals surface area contributed by atoms with Crippen molar-refractivity contribution >= 4 is 34.4 Å². The minimum Gasteiger partial charge on any atom is -0.497 e. The van der Waals surface area contributed by atoms with Gasteiger partial charge in [0.15, 0.2) is 11.6 Å². The third-order valence-electron chi connectivity index (χ3n) is 8.49. The number of nitrogens with one attached hydrogen (secondary N) is 1. The van der Waals surface area contributed by atoms with E-state index in [0.717, 1.165) is 29.0 Å². The van der Waals surface area contributed by atoms with E-state index in [4.69, 9.17) is 23.7 Å². The van der Waals surface area contributed by atoms with Crippen LogP contribution in [0.1, 0.15) is 49.5 Å². The maximum absolute atomic E-state index is 15.5. The van der Waals surface area contributed by atoms with Crippen molar-refractivity contribution in [3.8, 4) is 28.7 Å². The van der Waals surface area contributed by atoms with Crippen LogP contribution in [0, 0.1) is 11.6 Å². The Morgan fingerprint density at radius 3 is 2.32 bits per heavy atom. The Bertz CT molecular complexity index is 2360. The molecule has 53 heavy (non-hydrogen) atoms. The van der Waals surface area contributed by atoms with Crippen LogP contribution in [-0.4, -0.2) is 52.0 Å². The lowest BCUT2D eigenvalue weighted by Gasteiger charge is -2.33. The SMILES string of the molecule is COc1cc(OC)c2c(Oc3ccc(NC(=O)c4cn(C(C)CCC5(C)OC(=O)CC(=O)O5)c(=O)n(-c5ccc(F)cc5)c4=O)cc3F)ccnc2c1. The normalized spacial score (nSPS) is 14.2. The first-order chi connectivity index (χ1) is 25.3. The van der Waals surface area contributed by atoms with Crippen molar-refractivity contribution in [1.82, 2.24) is 14.1 Å². The molecule has 274 valence electrons. The second-order valence-electron chi connectivity index (χ2n) is 12.2. The van der Waals surface area contributed by atoms with Gasteiger partial charge in [0.05, 0.1) is 30.8 Å². The summed E-state index contributed by atoms with van der Waals surface area (Å²) in [5, 5.41) is 2.94. The molecule has 1 unspecified atom stereocenters. The molecule has 1 atom stereocenters. The number of aromatic nitrogens is 3. The molecule has 1 amide bonds. The molecule has 0 radical (unpaired) electrons. The minimum absolute atomic E-state index is 0.0228. The van der Waals surface area contributed by atoms with E-state index >= 15 is 4.39 Å². The summed E-state index contributed by atoms with van der Waals surface area (Å²) >= 11 is 0. The lowest BCUT2D eigenvalue weighted by Crippen LogP contribution is -2.44. The number of ether oxygens (including phenoxy) is 5. The molecule has 0 bridgehead atoms. The van der Waals surface area contributed by atoms with Gasteiger partial charge in [-0.25, -0.2) is 18.1 Å². The van der Waals surface area contributed by atoms with E-state index in [1.54, 1.807) is 19.1 Å². The van der Waals surface area contributed by atoms with Gasteiger partial charge in [0.2, 0.25) is 0 Å². The fourth-order valence-corrected chi connectivity index (χ4v) is 5.80. The molecular weight excluding hydrogens is 698 g/mol. The Morgan fingerprint density at radius 1 is 0.943 bits per heavy atom. The number of halogens is 2. The molecule has 0 aliphatic carbocycles. The van der Waals surface area contributed by atoms with Gasteiger partial charge in [0, 0.05) is 55.7 Å². The van der Waals surface area contributed by atoms with E-state index in [9.17, 15) is 28.4 Å². The molecule has 1 aliphatic heterocycles. The van der Waals surface area contributed by atoms with E-state index < -0.39 is 64.5 Å². The van der Waals surface area contributed by atoms with Crippen LogP contribution in [0.4, 0.5) is 14.5 Å². The topological polar surface area (TPSA) is 166 Å². The minimum atomic E-state index is -1.60. The van der Waals surface area contributed by atoms with Gasteiger partial charge in [0.25, 0.3) is 17.3 Å². The number of amides is 1. The number of rotatable bonds is 11. The van der Waals surface area contributed by atoms with Gasteiger partial charge < -0.3 is 29.0 Å². The van der Waals surface area contributed by atoms with Crippen molar-refractivity contribution in [2.45, 2.75) is 44.9 Å². The predicted molar refractivity (Wildman–Crippen MR) is 185 cm³/mol. The smallest absolute Gasteiger partial charge is 0.335 e. The van der Waals surface area contributed by atoms with Crippen LogP contribution in [0.5, 0.6) is 23.0 Å². The summed E-state index contributed by atoms with van der Waals surface area (Å²) in [6, 6.07) is 12.2. The van der Waals surface area contributed by atoms with Crippen LogP contribution in [0.15, 0.2) is 82.6 Å². The van der Waals surface area contributed by atoms with Crippen molar-refractivity contribution < 1.29 is 46.8 Å². The van der Waals surface area contributed by atoms with Gasteiger partial charge >= 0.3 is 17.6 Å². The van der Waals surface area contributed by atoms with Crippen molar-refractivity contribution in [2.75, 3.05) is 19.5 Å². The maximum atomic E-state index is 15.5. The highest BCUT2D eigenvalue weighted by Gasteiger charge is 2.39. The number of hydrogen-bond acceptors (Lipinski definition) is 11. The molecule has 2 aromatic heterocycles. The number of anilines is 1. The first-order valence-corrected chi connectivity index (χ1v) is 16.2. The largest absolute Gasteiger partial charge is 0.497 e. The number of hydrogen-bond donors (Lipinski definition) is 1. The van der Waals surface area contributed by atoms with Crippen LogP contribution in [0.25, 0.3) is 16.6 Å². The molecule has 1 fully saturated rings. The highest BCUT2D eigenvalue weighted by molar-refractivity contribution is 6.04. The number of esters is 2. The van der Waals surface area contributed by atoms with Crippen molar-refractivity contribution in [2.24, 2.45) is 0 Å². The summed E-state index contributed by atoms with van der Waals surface area (Å²) in [6.45, 7) is 3.00. The highest BCUT2D eigenvalue weighted by Crippen LogP contribution is 2.39. The Labute approximate surface area is 299 Å². The Morgan fingerprint density at radius 2 is 1.66 bits per heavy atom. The molecule has 14 nitrogen and oxygen atoms in total. The van der Waals surface area contributed by atoms with E-state index in [1.165, 1.54) is 57.7 Å². The second-order valence-corrected chi connectivity index (χ2v) is 12.2. The molecule has 6 rings (SSSR count). The van der Waals surface area contributed by atoms with Gasteiger partial charge in [-0.15, -0.1) is 0 Å². The fraction of sp³-hybridized carbons (Fsp3) is 0.243. The average molecular weight is 731 g/mol. The van der Waals surface area contributed by atoms with Gasteiger partial charge in [0.1, 0.15) is 35.1 Å². The first-order valence-electron chi connectivity index (χ1n) is 16.2. The summed E-state index contributed by atoms with van der Waals surface area (Å²) < 4.78 is 58.2. The van der Waals surface area contributed by atoms with Gasteiger partial charge in [-0.1, -0.05) is 0 Å². The summed E-state index contributed by atoms with van der Waals surface area (Å²) in [6.07, 6.45) is 2.05. The molecule has 5 aromatic rings. The number of pyridine rings is 1. The zero-order valence-corrected chi connectivity index (χ0v) is 28.8. The molecule has 1 aliphatic rings. The summed E-state index contributed by atoms with van der Waals surface area (Å²) in [5.74, 6) is -4.69. The summed E-state index contributed by atoms with van der Waals surface area (Å²) in [5.41, 5.74) is -1.99. The van der Waals surface area contributed by atoms with E-state index in [1.807, 2.05) is 0 Å². The van der Waals surface area contributed by atoms with Crippen LogP contribution in [-0.2, 0) is 19.1 Å². The first kappa shape index (κ1) is 36.2. The summed E-state index contributed by atoms with van der Waals surface area (Å²) in [4.78, 5) is 69.1. The zero-order chi connectivity index (χ0) is 38.0. The van der Waals surface area contributed by atoms with Gasteiger partial charge in [-0.2, -0.15) is 0 Å². The monoisotopic (exact) mass is 730 g/mol. The fourth-order valence-electron chi connectivity index (χ4n) is 5.80. The third kappa shape index (κ3) is 7.56. The standard InChI is InChI=1S/C37H32F2N4O10/c1-20(11-13-37(2)52-31(44)18-32(45)53-37)42-19-25(35(47)43(36(42)48)23-8-5-21(38)6-9-23)34(46)41-22-7-10-28(26(39)15-22)51-29-12-14-40-27-16-24(49-3)17-30(50-4)33(27)29/h5-10,12,14-17,19-20H,11,13,18H2,1-4H3,(H,41,46). The van der Waals surface area contributed by atoms with E-state index in [-0.39, 0.29) is 35.7 Å². The molecular formula is C37H32F2N4O10. The van der Waals surface area contributed by atoms with Crippen LogP contribution < -0.4 is 30.8 Å². The average Bonchev–Trinajstić information content (AvgIpc) is 3.11. The van der Waals surface area contributed by atoms with E-state index in [2.05, 4.69) is 10.3 Å². The maximum Gasteiger partial charge on any atom is 0.335 e. The van der Waals surface area contributed by atoms with Crippen molar-refractivity contribution in [3.63, 3.8) is 0 Å². The quantitative estimate of drug-likeness (QED) is 0.136. The third-order valence-corrected chi connectivity index (χ3v) is 8.49. The number of carbonyl (C=O) groups is 3. The lowest BCUT2D eigenvalue weighted by atomic mass is 10.1. The molecule has 1 N–H and O–H groups in total. The molecule has 3 heterocycles. The highest BCUT2D eigenvalue weighted by atomic mass is 19.1. The molecule has 16 heteroatoms. The number of nitrogens with zero attached hydrogens (tertiary/aromatic N) is 3. The molecule has 0 spiro atoms. The van der Waals surface area contributed by atoms with Crippen LogP contribution >= 0.6 is 0 Å². The number of fused-ring (bicyclic) bond motifs is 1. The van der Waals surface area contributed by atoms with Crippen molar-refractivity contribution in [1.29, 1.82) is 0 Å². The van der Waals surface area contributed by atoms with E-state index in [0.29, 0.717) is 27.0 Å². The Hall–Kier alpha value is -6.58. The number of carbonyl (C=O) groups excluding carboxylic acids is 3. The predicted octanol–water partition coefficient (Wildman–Crippen LogP) is 5.43. The van der Waals surface area contributed by atoms with Gasteiger partial charge in [-0.05, 0) is 55.8 Å². The Balaban J connectivity index is 1.30. The van der Waals surface area contributed by atoms with Crippen LogP contribution in [0.3, 0.4) is 0 Å². The molecule has 0 saturated carbocycles. The molecule has 3 aromatic carbocycles. The van der Waals surface area contributed by atoms with Crippen LogP contribution in [0.2, 0.25) is 0 Å².